The summed E-state index contributed by atoms with van der Waals surface area (Å²) in [5.74, 6) is -0.165. The van der Waals surface area contributed by atoms with Crippen molar-refractivity contribution in [3.8, 4) is 0 Å². The number of nitrogens with one attached hydrogen (secondary N) is 1. The number of ether oxygens (including phenoxy) is 2. The van der Waals surface area contributed by atoms with E-state index < -0.39 is 49.5 Å². The third-order valence-corrected chi connectivity index (χ3v) is 16.0. The van der Waals surface area contributed by atoms with Crippen molar-refractivity contribution >= 4 is 5.91 Å². The topological polar surface area (TPSA) is 149 Å². The predicted octanol–water partition coefficient (Wildman–Crippen LogP) is 19.6. The van der Waals surface area contributed by atoms with Crippen molar-refractivity contribution in [3.63, 3.8) is 0 Å². The normalized spacial score (nSPS) is 18.9. The van der Waals surface area contributed by atoms with Crippen LogP contribution in [0.25, 0.3) is 0 Å². The Morgan fingerprint density at radius 1 is 0.407 bits per heavy atom. The Hall–Kier alpha value is -3.67. The molecule has 1 saturated heterocycles. The second kappa shape index (κ2) is 64.3. The lowest BCUT2D eigenvalue weighted by Crippen LogP contribution is -2.60. The first-order chi connectivity index (χ1) is 42.3. The summed E-state index contributed by atoms with van der Waals surface area (Å²) in [6.45, 7) is 3.73. The average molecular weight is 1200 g/mol. The van der Waals surface area contributed by atoms with Gasteiger partial charge in [-0.05, 0) is 96.3 Å². The zero-order valence-electron chi connectivity index (χ0n) is 55.0. The molecule has 6 N–H and O–H groups in total. The van der Waals surface area contributed by atoms with Crippen molar-refractivity contribution in [3.05, 3.63) is 134 Å². The molecule has 0 aromatic rings. The van der Waals surface area contributed by atoms with Gasteiger partial charge in [0.15, 0.2) is 6.29 Å². The monoisotopic (exact) mass is 1200 g/mol. The van der Waals surface area contributed by atoms with Crippen LogP contribution in [-0.2, 0) is 14.3 Å². The van der Waals surface area contributed by atoms with E-state index in [1.807, 2.05) is 0 Å². The highest BCUT2D eigenvalue weighted by Gasteiger charge is 2.44. The summed E-state index contributed by atoms with van der Waals surface area (Å²) in [4.78, 5) is 13.1. The second-order valence-corrected chi connectivity index (χ2v) is 23.9. The number of aliphatic hydroxyl groups is 5. The molecular formula is C77H131NO8. The van der Waals surface area contributed by atoms with E-state index in [0.29, 0.717) is 12.8 Å². The van der Waals surface area contributed by atoms with Crippen molar-refractivity contribution in [2.45, 2.75) is 333 Å². The summed E-state index contributed by atoms with van der Waals surface area (Å²) in [6, 6.07) is -0.741. The number of rotatable bonds is 60. The number of carbonyl (C=O) groups excluding carboxylic acids is 1. The van der Waals surface area contributed by atoms with Crippen LogP contribution in [0.2, 0.25) is 0 Å². The third kappa shape index (κ3) is 52.3. The standard InChI is InChI=1S/C77H131NO8/c1-3-5-7-9-11-13-15-17-19-21-23-25-27-29-30-31-32-33-34-35-36-37-38-39-40-41-42-43-45-47-49-51-53-55-57-59-61-63-65-67-73(81)78-70(69-85-77-76(84)75(83)74(82)72(68-79)86-77)71(80)66-64-62-60-58-56-54-52-50-48-46-44-28-26-24-22-20-18-16-14-12-10-8-6-4-2/h5,7,11,13,17,19,23,25,29-30,32-33,35-36,38-39,41-42,45,47,51,53,70-72,74-77,79-80,82-84H,3-4,6,8-10,12,14-16,18,20-22,24,26-28,31,34,37,40,43-44,46,48-50,52,54-69H2,1-2H3,(H,78,81)/b7-5-,13-11-,19-17-,25-23-,30-29-,33-32-,36-35-,39-38-,42-41-,47-45-,53-51-. The number of unbranched alkanes of at least 4 members (excludes halogenated alkanes) is 28. The van der Waals surface area contributed by atoms with E-state index in [1.165, 1.54) is 135 Å². The van der Waals surface area contributed by atoms with Crippen molar-refractivity contribution < 1.29 is 39.8 Å². The van der Waals surface area contributed by atoms with Crippen molar-refractivity contribution in [2.24, 2.45) is 0 Å². The highest BCUT2D eigenvalue weighted by molar-refractivity contribution is 5.76. The molecule has 0 spiro atoms. The number of allylic oxidation sites excluding steroid dienone is 22. The minimum atomic E-state index is -1.57. The van der Waals surface area contributed by atoms with Gasteiger partial charge in [-0.15, -0.1) is 0 Å². The highest BCUT2D eigenvalue weighted by Crippen LogP contribution is 2.23. The van der Waals surface area contributed by atoms with Crippen LogP contribution < -0.4 is 5.32 Å². The first kappa shape index (κ1) is 80.3. The number of amides is 1. The van der Waals surface area contributed by atoms with Gasteiger partial charge in [-0.3, -0.25) is 4.79 Å². The molecule has 1 heterocycles. The largest absolute Gasteiger partial charge is 0.394 e. The molecule has 7 atom stereocenters. The van der Waals surface area contributed by atoms with Crippen LogP contribution >= 0.6 is 0 Å². The van der Waals surface area contributed by atoms with Gasteiger partial charge in [-0.2, -0.15) is 0 Å². The maximum Gasteiger partial charge on any atom is 0.220 e. The third-order valence-electron chi connectivity index (χ3n) is 16.0. The van der Waals surface area contributed by atoms with Gasteiger partial charge in [0, 0.05) is 6.42 Å². The Morgan fingerprint density at radius 2 is 0.721 bits per heavy atom. The van der Waals surface area contributed by atoms with Gasteiger partial charge in [0.1, 0.15) is 24.4 Å². The van der Waals surface area contributed by atoms with Gasteiger partial charge in [0.25, 0.3) is 0 Å². The van der Waals surface area contributed by atoms with Gasteiger partial charge in [0.05, 0.1) is 25.4 Å². The predicted molar refractivity (Wildman–Crippen MR) is 368 cm³/mol. The molecule has 86 heavy (non-hydrogen) atoms. The van der Waals surface area contributed by atoms with E-state index in [9.17, 15) is 30.3 Å². The van der Waals surface area contributed by atoms with E-state index in [1.54, 1.807) is 0 Å². The first-order valence-corrected chi connectivity index (χ1v) is 35.4. The minimum absolute atomic E-state index is 0.153. The van der Waals surface area contributed by atoms with Crippen LogP contribution in [-0.4, -0.2) is 87.5 Å². The minimum Gasteiger partial charge on any atom is -0.394 e. The van der Waals surface area contributed by atoms with E-state index in [2.05, 4.69) is 153 Å². The van der Waals surface area contributed by atoms with E-state index >= 15 is 0 Å². The summed E-state index contributed by atoms with van der Waals surface area (Å²) in [6.07, 6.45) is 90.8. The quantitative estimate of drug-likeness (QED) is 0.0261. The van der Waals surface area contributed by atoms with Gasteiger partial charge in [-0.25, -0.2) is 0 Å². The molecule has 492 valence electrons. The van der Waals surface area contributed by atoms with E-state index in [4.69, 9.17) is 9.47 Å². The van der Waals surface area contributed by atoms with E-state index in [-0.39, 0.29) is 12.5 Å². The number of hydrogen-bond donors (Lipinski definition) is 6. The second-order valence-electron chi connectivity index (χ2n) is 23.9. The molecule has 0 aliphatic carbocycles. The summed E-state index contributed by atoms with van der Waals surface area (Å²) in [7, 11) is 0. The van der Waals surface area contributed by atoms with Gasteiger partial charge >= 0.3 is 0 Å². The molecule has 0 aromatic carbocycles. The van der Waals surface area contributed by atoms with Crippen LogP contribution in [0.15, 0.2) is 134 Å². The fraction of sp³-hybridized carbons (Fsp3) is 0.701. The fourth-order valence-corrected chi connectivity index (χ4v) is 10.5. The molecule has 7 unspecified atom stereocenters. The van der Waals surface area contributed by atoms with Crippen molar-refractivity contribution in [2.75, 3.05) is 13.2 Å². The Morgan fingerprint density at radius 3 is 1.07 bits per heavy atom. The van der Waals surface area contributed by atoms with Crippen LogP contribution in [0.1, 0.15) is 290 Å². The van der Waals surface area contributed by atoms with Gasteiger partial charge in [-0.1, -0.05) is 321 Å². The molecule has 0 bridgehead atoms. The average Bonchev–Trinajstić information content (AvgIpc) is 3.55. The molecule has 1 amide bonds. The van der Waals surface area contributed by atoms with Crippen LogP contribution in [0.4, 0.5) is 0 Å². The molecule has 1 fully saturated rings. The fourth-order valence-electron chi connectivity index (χ4n) is 10.5. The maximum absolute atomic E-state index is 13.1. The molecule has 1 aliphatic rings. The lowest BCUT2D eigenvalue weighted by Gasteiger charge is -2.40. The summed E-state index contributed by atoms with van der Waals surface area (Å²) < 4.78 is 11.4. The highest BCUT2D eigenvalue weighted by atomic mass is 16.7. The Kier molecular flexibility index (Phi) is 60.1. The van der Waals surface area contributed by atoms with Gasteiger partial charge in [0.2, 0.25) is 5.91 Å². The molecule has 9 nitrogen and oxygen atoms in total. The molecule has 0 radical (unpaired) electrons. The Bertz CT molecular complexity index is 1820. The molecule has 0 aromatic heterocycles. The zero-order chi connectivity index (χ0) is 62.1. The number of aliphatic hydroxyl groups excluding tert-OH is 5. The Balaban J connectivity index is 2.17. The van der Waals surface area contributed by atoms with Gasteiger partial charge < -0.3 is 40.3 Å². The van der Waals surface area contributed by atoms with Crippen LogP contribution in [0.5, 0.6) is 0 Å². The molecule has 0 saturated carbocycles. The summed E-state index contributed by atoms with van der Waals surface area (Å²) in [5.41, 5.74) is 0. The summed E-state index contributed by atoms with van der Waals surface area (Å²) >= 11 is 0. The maximum atomic E-state index is 13.1. The lowest BCUT2D eigenvalue weighted by molar-refractivity contribution is -0.302. The van der Waals surface area contributed by atoms with Crippen LogP contribution in [0.3, 0.4) is 0 Å². The molecule has 1 aliphatic heterocycles. The molecule has 1 rings (SSSR count). The van der Waals surface area contributed by atoms with Crippen LogP contribution in [0, 0.1) is 0 Å². The Labute approximate surface area is 528 Å². The molecular weight excluding hydrogens is 1070 g/mol. The molecule has 9 heteroatoms. The smallest absolute Gasteiger partial charge is 0.220 e. The van der Waals surface area contributed by atoms with Crippen molar-refractivity contribution in [1.82, 2.24) is 5.32 Å². The van der Waals surface area contributed by atoms with Crippen molar-refractivity contribution in [1.29, 1.82) is 0 Å². The lowest BCUT2D eigenvalue weighted by atomic mass is 9.99. The van der Waals surface area contributed by atoms with E-state index in [0.717, 1.165) is 128 Å². The number of carbonyl (C=O) groups is 1. The summed E-state index contributed by atoms with van der Waals surface area (Å²) in [5, 5.41) is 54.9. The zero-order valence-corrected chi connectivity index (χ0v) is 55.0. The number of hydrogen-bond acceptors (Lipinski definition) is 8. The SMILES string of the molecule is CC/C=C\C/C=C\C/C=C\C/C=C\C/C=C\C/C=C\C/C=C\C/C=C\C/C=C\C/C=C\C/C=C\CCCCCCCC(=O)NC(COC1OC(CO)C(O)C(O)C1O)C(O)CCCCCCCCCCCCCCCCCCCCCCCCCC. The first-order valence-electron chi connectivity index (χ1n) is 35.4.